The van der Waals surface area contributed by atoms with Gasteiger partial charge in [-0.2, -0.15) is 0 Å². The first kappa shape index (κ1) is 20.8. The van der Waals surface area contributed by atoms with Crippen LogP contribution in [0.1, 0.15) is 57.0 Å². The zero-order chi connectivity index (χ0) is 19.1. The van der Waals surface area contributed by atoms with E-state index in [-0.39, 0.29) is 17.7 Å². The van der Waals surface area contributed by atoms with Crippen LogP contribution < -0.4 is 10.6 Å². The predicted molar refractivity (Wildman–Crippen MR) is 107 cm³/mol. The van der Waals surface area contributed by atoms with Gasteiger partial charge in [-0.1, -0.05) is 20.3 Å². The van der Waals surface area contributed by atoms with Gasteiger partial charge >= 0.3 is 0 Å². The first-order chi connectivity index (χ1) is 12.4. The van der Waals surface area contributed by atoms with Crippen molar-refractivity contribution in [2.24, 2.45) is 5.92 Å². The topological polar surface area (TPSA) is 74.3 Å². The fourth-order valence-corrected chi connectivity index (χ4v) is 4.22. The fraction of sp³-hybridized carbons (Fsp3) is 0.737. The molecule has 0 aliphatic carbocycles. The molecule has 2 rings (SSSR count). The van der Waals surface area contributed by atoms with Gasteiger partial charge in [-0.15, -0.1) is 11.3 Å². The van der Waals surface area contributed by atoms with Crippen molar-refractivity contribution in [3.63, 3.8) is 0 Å². The molecule has 1 saturated heterocycles. The van der Waals surface area contributed by atoms with Gasteiger partial charge in [-0.25, -0.2) is 4.98 Å². The molecule has 2 atom stereocenters. The molecular formula is C19H32N4O2S. The number of hydrogen-bond acceptors (Lipinski definition) is 5. The Labute approximate surface area is 160 Å². The summed E-state index contributed by atoms with van der Waals surface area (Å²) in [6.45, 7) is 10.0. The molecule has 0 unspecified atom stereocenters. The number of rotatable bonds is 8. The number of aryl methyl sites for hydroxylation is 2. The summed E-state index contributed by atoms with van der Waals surface area (Å²) in [5.41, 5.74) is 1.04. The van der Waals surface area contributed by atoms with E-state index in [0.29, 0.717) is 24.3 Å². The molecule has 1 aromatic heterocycles. The van der Waals surface area contributed by atoms with Crippen LogP contribution in [-0.4, -0.2) is 47.4 Å². The number of likely N-dealkylation sites (tertiary alicyclic amines) is 1. The molecule has 1 aliphatic heterocycles. The lowest BCUT2D eigenvalue weighted by Gasteiger charge is -2.36. The summed E-state index contributed by atoms with van der Waals surface area (Å²) >= 11 is 1.52. The second-order valence-electron chi connectivity index (χ2n) is 7.12. The molecule has 0 saturated carbocycles. The Kier molecular flexibility index (Phi) is 8.03. The minimum absolute atomic E-state index is 0.0235. The Morgan fingerprint density at radius 3 is 2.73 bits per heavy atom. The van der Waals surface area contributed by atoms with Crippen LogP contribution in [-0.2, 0) is 16.0 Å². The van der Waals surface area contributed by atoms with Crippen molar-refractivity contribution in [1.82, 2.24) is 15.2 Å². The molecule has 0 aromatic carbocycles. The van der Waals surface area contributed by atoms with Gasteiger partial charge in [0.25, 0.3) is 0 Å². The fourth-order valence-electron chi connectivity index (χ4n) is 3.30. The number of amides is 2. The second kappa shape index (κ2) is 10.0. The van der Waals surface area contributed by atoms with Crippen LogP contribution in [0.25, 0.3) is 0 Å². The van der Waals surface area contributed by atoms with Gasteiger partial charge in [0.2, 0.25) is 11.8 Å². The maximum atomic E-state index is 12.4. The van der Waals surface area contributed by atoms with Crippen molar-refractivity contribution in [2.75, 3.05) is 25.0 Å². The highest BCUT2D eigenvalue weighted by Gasteiger charge is 2.30. The third-order valence-electron chi connectivity index (χ3n) is 5.03. The molecule has 0 bridgehead atoms. The van der Waals surface area contributed by atoms with Crippen LogP contribution in [0.4, 0.5) is 5.13 Å². The number of nitrogens with zero attached hydrogens (tertiary/aromatic N) is 2. The molecular weight excluding hydrogens is 348 g/mol. The highest BCUT2D eigenvalue weighted by molar-refractivity contribution is 7.15. The summed E-state index contributed by atoms with van der Waals surface area (Å²) in [6.07, 6.45) is 4.78. The first-order valence-corrected chi connectivity index (χ1v) is 10.5. The molecule has 1 aromatic rings. The summed E-state index contributed by atoms with van der Waals surface area (Å²) in [6, 6.07) is 0.310. The van der Waals surface area contributed by atoms with Crippen LogP contribution in [0.15, 0.2) is 0 Å². The molecule has 6 nitrogen and oxygen atoms in total. The van der Waals surface area contributed by atoms with E-state index in [4.69, 9.17) is 0 Å². The van der Waals surface area contributed by atoms with E-state index in [1.165, 1.54) is 11.3 Å². The van der Waals surface area contributed by atoms with Crippen molar-refractivity contribution in [2.45, 2.75) is 65.8 Å². The molecule has 1 fully saturated rings. The van der Waals surface area contributed by atoms with E-state index in [1.54, 1.807) is 0 Å². The van der Waals surface area contributed by atoms with Gasteiger partial charge in [0.1, 0.15) is 0 Å². The summed E-state index contributed by atoms with van der Waals surface area (Å²) in [7, 11) is 0. The number of hydrogen-bond donors (Lipinski definition) is 2. The summed E-state index contributed by atoms with van der Waals surface area (Å²) in [5.74, 6) is 0.0452. The summed E-state index contributed by atoms with van der Waals surface area (Å²) < 4.78 is 0. The van der Waals surface area contributed by atoms with Crippen LogP contribution in [0.3, 0.4) is 0 Å². The Morgan fingerprint density at radius 1 is 1.31 bits per heavy atom. The molecule has 1 aliphatic rings. The van der Waals surface area contributed by atoms with Crippen LogP contribution in [0, 0.1) is 12.8 Å². The lowest BCUT2D eigenvalue weighted by atomic mass is 9.92. The maximum Gasteiger partial charge on any atom is 0.240 e. The molecule has 2 N–H and O–H groups in total. The summed E-state index contributed by atoms with van der Waals surface area (Å²) in [5, 5.41) is 6.61. The standard InChI is InChI=1S/C19H32N4O2S/c1-5-7-10-20-18(25)15-9-8-13(3)23(11-15)12-17(24)22-19-21-16(6-2)14(4)26-19/h13,15H,5-12H2,1-4H3,(H,20,25)(H,21,22,24)/t13-,15+/m0/s1. The van der Waals surface area contributed by atoms with E-state index in [2.05, 4.69) is 41.3 Å². The average Bonchev–Trinajstić information content (AvgIpc) is 2.96. The highest BCUT2D eigenvalue weighted by atomic mass is 32.1. The van der Waals surface area contributed by atoms with E-state index < -0.39 is 0 Å². The molecule has 2 heterocycles. The van der Waals surface area contributed by atoms with Gasteiger partial charge < -0.3 is 10.6 Å². The van der Waals surface area contributed by atoms with Crippen molar-refractivity contribution in [1.29, 1.82) is 0 Å². The Bertz CT molecular complexity index is 617. The zero-order valence-corrected chi connectivity index (χ0v) is 17.2. The lowest BCUT2D eigenvalue weighted by Crippen LogP contribution is -2.49. The number of carbonyl (C=O) groups excluding carboxylic acids is 2. The van der Waals surface area contributed by atoms with Gasteiger partial charge in [0, 0.05) is 24.0 Å². The van der Waals surface area contributed by atoms with E-state index in [0.717, 1.165) is 49.2 Å². The second-order valence-corrected chi connectivity index (χ2v) is 8.32. The van der Waals surface area contributed by atoms with E-state index in [1.807, 2.05) is 6.92 Å². The number of anilines is 1. The zero-order valence-electron chi connectivity index (χ0n) is 16.4. The number of aromatic nitrogens is 1. The molecule has 7 heteroatoms. The number of thiazole rings is 1. The van der Waals surface area contributed by atoms with Gasteiger partial charge in [-0.3, -0.25) is 14.5 Å². The van der Waals surface area contributed by atoms with Gasteiger partial charge in [0.15, 0.2) is 5.13 Å². The maximum absolute atomic E-state index is 12.4. The average molecular weight is 381 g/mol. The van der Waals surface area contributed by atoms with E-state index in [9.17, 15) is 9.59 Å². The monoisotopic (exact) mass is 380 g/mol. The Hall–Kier alpha value is -1.47. The quantitative estimate of drug-likeness (QED) is 0.680. The molecule has 146 valence electrons. The van der Waals surface area contributed by atoms with E-state index >= 15 is 0 Å². The molecule has 26 heavy (non-hydrogen) atoms. The SMILES string of the molecule is CCCCNC(=O)[C@@H]1CC[C@H](C)N(CC(=O)Nc2nc(CC)c(C)s2)C1. The Morgan fingerprint density at radius 2 is 2.08 bits per heavy atom. The lowest BCUT2D eigenvalue weighted by molar-refractivity contribution is -0.128. The molecule has 0 radical (unpaired) electrons. The van der Waals surface area contributed by atoms with Crippen molar-refractivity contribution < 1.29 is 9.59 Å². The predicted octanol–water partition coefficient (Wildman–Crippen LogP) is 2.97. The van der Waals surface area contributed by atoms with Crippen molar-refractivity contribution in [3.05, 3.63) is 10.6 Å². The smallest absolute Gasteiger partial charge is 0.240 e. The number of nitrogens with one attached hydrogen (secondary N) is 2. The Balaban J connectivity index is 1.87. The minimum Gasteiger partial charge on any atom is -0.356 e. The third kappa shape index (κ3) is 5.77. The minimum atomic E-state index is -0.0553. The van der Waals surface area contributed by atoms with Gasteiger partial charge in [-0.05, 0) is 39.5 Å². The highest BCUT2D eigenvalue weighted by Crippen LogP contribution is 2.24. The van der Waals surface area contributed by atoms with Crippen LogP contribution in [0.5, 0.6) is 0 Å². The van der Waals surface area contributed by atoms with Crippen molar-refractivity contribution >= 4 is 28.3 Å². The number of unbranched alkanes of at least 4 members (excludes halogenated alkanes) is 1. The van der Waals surface area contributed by atoms with Crippen LogP contribution in [0.2, 0.25) is 0 Å². The number of carbonyl (C=O) groups is 2. The van der Waals surface area contributed by atoms with Gasteiger partial charge in [0.05, 0.1) is 18.2 Å². The molecule has 2 amide bonds. The number of piperidine rings is 1. The third-order valence-corrected chi connectivity index (χ3v) is 5.96. The summed E-state index contributed by atoms with van der Waals surface area (Å²) in [4.78, 5) is 32.5. The first-order valence-electron chi connectivity index (χ1n) is 9.72. The largest absolute Gasteiger partial charge is 0.356 e. The van der Waals surface area contributed by atoms with Crippen LogP contribution >= 0.6 is 11.3 Å². The normalized spacial score (nSPS) is 20.8. The molecule has 0 spiro atoms. The van der Waals surface area contributed by atoms with Crippen molar-refractivity contribution in [3.8, 4) is 0 Å².